The number of allylic oxidation sites excluding steroid dienone is 5. The average molecular weight is 410 g/mol. The zero-order valence-electron chi connectivity index (χ0n) is 20.1. The predicted molar refractivity (Wildman–Crippen MR) is 129 cm³/mol. The summed E-state index contributed by atoms with van der Waals surface area (Å²) in [6, 6.07) is 4.81. The van der Waals surface area contributed by atoms with Crippen molar-refractivity contribution in [2.24, 2.45) is 0 Å². The van der Waals surface area contributed by atoms with E-state index in [2.05, 4.69) is 65.5 Å². The first-order chi connectivity index (χ1) is 14.0. The van der Waals surface area contributed by atoms with E-state index < -0.39 is 5.97 Å². The average Bonchev–Trinajstić information content (AvgIpc) is 2.66. The lowest BCUT2D eigenvalue weighted by molar-refractivity contribution is -0.131. The molecule has 0 spiro atoms. The molecule has 3 heteroatoms. The molecular formula is C27H39NO2. The van der Waals surface area contributed by atoms with Crippen molar-refractivity contribution in [2.45, 2.75) is 79.6 Å². The van der Waals surface area contributed by atoms with Crippen molar-refractivity contribution in [3.05, 3.63) is 58.2 Å². The van der Waals surface area contributed by atoms with Gasteiger partial charge in [0.2, 0.25) is 0 Å². The maximum Gasteiger partial charge on any atom is 0.328 e. The van der Waals surface area contributed by atoms with Gasteiger partial charge in [-0.25, -0.2) is 4.79 Å². The van der Waals surface area contributed by atoms with Crippen LogP contribution in [-0.4, -0.2) is 24.2 Å². The molecule has 0 unspecified atom stereocenters. The summed E-state index contributed by atoms with van der Waals surface area (Å²) in [6.45, 7) is 19.8. The van der Waals surface area contributed by atoms with E-state index in [9.17, 15) is 4.79 Å². The van der Waals surface area contributed by atoms with Crippen molar-refractivity contribution in [1.82, 2.24) is 0 Å². The Balaban J connectivity index is 2.69. The highest BCUT2D eigenvalue weighted by Gasteiger charge is 2.33. The van der Waals surface area contributed by atoms with Crippen molar-refractivity contribution in [2.75, 3.05) is 18.0 Å². The lowest BCUT2D eigenvalue weighted by Crippen LogP contribution is -2.38. The fourth-order valence-corrected chi connectivity index (χ4v) is 4.12. The number of carboxylic acid groups (broad SMARTS) is 1. The summed E-state index contributed by atoms with van der Waals surface area (Å²) in [5.74, 6) is -0.442. The summed E-state index contributed by atoms with van der Waals surface area (Å²) < 4.78 is 0. The minimum absolute atomic E-state index is 0.157. The van der Waals surface area contributed by atoms with Crippen molar-refractivity contribution < 1.29 is 9.90 Å². The molecule has 2 rings (SSSR count). The van der Waals surface area contributed by atoms with E-state index in [1.807, 2.05) is 19.1 Å². The number of fused-ring (bicyclic) bond motifs is 1. The SMILES string of the molecule is CCCN1CCC(C)(C)c2cc(C(C)C)cc(\C(C)=C(C)/C=C/C(C)=C/C(=O)O)c21. The van der Waals surface area contributed by atoms with Crippen LogP contribution >= 0.6 is 0 Å². The highest BCUT2D eigenvalue weighted by molar-refractivity contribution is 5.83. The second-order valence-electron chi connectivity index (χ2n) is 9.61. The minimum atomic E-state index is -0.911. The number of rotatable bonds is 7. The molecule has 30 heavy (non-hydrogen) atoms. The summed E-state index contributed by atoms with van der Waals surface area (Å²) in [5, 5.41) is 8.95. The van der Waals surface area contributed by atoms with Gasteiger partial charge in [-0.2, -0.15) is 0 Å². The van der Waals surface area contributed by atoms with E-state index in [4.69, 9.17) is 5.11 Å². The van der Waals surface area contributed by atoms with Crippen LogP contribution in [0.5, 0.6) is 0 Å². The minimum Gasteiger partial charge on any atom is -0.478 e. The maximum atomic E-state index is 10.9. The van der Waals surface area contributed by atoms with E-state index in [-0.39, 0.29) is 5.41 Å². The first kappa shape index (κ1) is 24.0. The van der Waals surface area contributed by atoms with E-state index in [1.54, 1.807) is 0 Å². The summed E-state index contributed by atoms with van der Waals surface area (Å²) in [4.78, 5) is 13.5. The molecule has 0 saturated heterocycles. The van der Waals surface area contributed by atoms with Crippen LogP contribution in [-0.2, 0) is 10.2 Å². The second-order valence-corrected chi connectivity index (χ2v) is 9.61. The number of benzene rings is 1. The van der Waals surface area contributed by atoms with E-state index >= 15 is 0 Å². The molecule has 3 nitrogen and oxygen atoms in total. The first-order valence-electron chi connectivity index (χ1n) is 11.2. The van der Waals surface area contributed by atoms with Gasteiger partial charge in [-0.3, -0.25) is 0 Å². The molecule has 0 radical (unpaired) electrons. The number of anilines is 1. The highest BCUT2D eigenvalue weighted by atomic mass is 16.4. The smallest absolute Gasteiger partial charge is 0.328 e. The summed E-state index contributed by atoms with van der Waals surface area (Å²) in [7, 11) is 0. The molecule has 1 heterocycles. The molecule has 0 atom stereocenters. The van der Waals surface area contributed by atoms with E-state index in [1.165, 1.54) is 40.4 Å². The molecule has 1 aromatic rings. The molecule has 1 N–H and O–H groups in total. The summed E-state index contributed by atoms with van der Waals surface area (Å²) in [6.07, 6.45) is 7.47. The van der Waals surface area contributed by atoms with Gasteiger partial charge in [-0.15, -0.1) is 0 Å². The van der Waals surface area contributed by atoms with Crippen LogP contribution in [0.4, 0.5) is 5.69 Å². The van der Waals surface area contributed by atoms with E-state index in [0.29, 0.717) is 5.92 Å². The van der Waals surface area contributed by atoms with Gasteiger partial charge >= 0.3 is 5.97 Å². The van der Waals surface area contributed by atoms with Gasteiger partial charge in [-0.1, -0.05) is 52.8 Å². The van der Waals surface area contributed by atoms with Crippen molar-refractivity contribution in [3.63, 3.8) is 0 Å². The van der Waals surface area contributed by atoms with E-state index in [0.717, 1.165) is 30.7 Å². The number of hydrogen-bond acceptors (Lipinski definition) is 2. The molecule has 164 valence electrons. The van der Waals surface area contributed by atoms with Crippen molar-refractivity contribution in [1.29, 1.82) is 0 Å². The molecule has 0 fully saturated rings. The quantitative estimate of drug-likeness (QED) is 0.386. The Morgan fingerprint density at radius 3 is 2.43 bits per heavy atom. The highest BCUT2D eigenvalue weighted by Crippen LogP contribution is 2.45. The number of carboxylic acids is 1. The fraction of sp³-hybridized carbons (Fsp3) is 0.519. The Hall–Kier alpha value is -2.29. The molecule has 1 aliphatic rings. The number of nitrogens with zero attached hydrogens (tertiary/aromatic N) is 1. The first-order valence-corrected chi connectivity index (χ1v) is 11.2. The number of aliphatic carboxylic acids is 1. The molecular weight excluding hydrogens is 370 g/mol. The lowest BCUT2D eigenvalue weighted by atomic mass is 9.74. The molecule has 0 aliphatic carbocycles. The topological polar surface area (TPSA) is 40.5 Å². The Bertz CT molecular complexity index is 884. The number of hydrogen-bond donors (Lipinski definition) is 1. The van der Waals surface area contributed by atoms with Gasteiger partial charge < -0.3 is 10.0 Å². The largest absolute Gasteiger partial charge is 0.478 e. The van der Waals surface area contributed by atoms with Crippen LogP contribution in [0.3, 0.4) is 0 Å². The zero-order valence-corrected chi connectivity index (χ0v) is 20.1. The van der Waals surface area contributed by atoms with Gasteiger partial charge in [0.25, 0.3) is 0 Å². The predicted octanol–water partition coefficient (Wildman–Crippen LogP) is 7.09. The van der Waals surface area contributed by atoms with Crippen LogP contribution in [0.2, 0.25) is 0 Å². The van der Waals surface area contributed by atoms with Crippen LogP contribution < -0.4 is 4.90 Å². The van der Waals surface area contributed by atoms with Gasteiger partial charge in [0.1, 0.15) is 0 Å². The third kappa shape index (κ3) is 5.44. The zero-order chi connectivity index (χ0) is 22.6. The summed E-state index contributed by atoms with van der Waals surface area (Å²) >= 11 is 0. The standard InChI is InChI=1S/C27H39NO2/c1-9-13-28-14-12-27(7,8)24-17-22(18(2)3)16-23(26(24)28)21(6)20(5)11-10-19(4)15-25(29)30/h10-11,15-18H,9,12-14H2,1-8H3,(H,29,30)/b11-10+,19-15+,21-20-. The molecule has 0 amide bonds. The lowest BCUT2D eigenvalue weighted by Gasteiger charge is -2.42. The third-order valence-electron chi connectivity index (χ3n) is 6.29. The van der Waals surface area contributed by atoms with Crippen LogP contribution in [0.25, 0.3) is 5.57 Å². The molecule has 0 saturated carbocycles. The normalized spacial score (nSPS) is 17.4. The van der Waals surface area contributed by atoms with Gasteiger partial charge in [0.15, 0.2) is 0 Å². The van der Waals surface area contributed by atoms with Crippen LogP contribution in [0, 0.1) is 0 Å². The molecule has 1 aliphatic heterocycles. The molecule has 0 bridgehead atoms. The van der Waals surface area contributed by atoms with Gasteiger partial charge in [-0.05, 0) is 78.9 Å². The number of carbonyl (C=O) groups is 1. The Kier molecular flexibility index (Phi) is 7.74. The van der Waals surface area contributed by atoms with Crippen molar-refractivity contribution in [3.8, 4) is 0 Å². The van der Waals surface area contributed by atoms with Crippen LogP contribution in [0.15, 0.2) is 41.5 Å². The van der Waals surface area contributed by atoms with Gasteiger partial charge in [0, 0.05) is 30.4 Å². The third-order valence-corrected chi connectivity index (χ3v) is 6.29. The molecule has 0 aromatic heterocycles. The monoisotopic (exact) mass is 409 g/mol. The van der Waals surface area contributed by atoms with Gasteiger partial charge in [0.05, 0.1) is 0 Å². The van der Waals surface area contributed by atoms with Crippen molar-refractivity contribution >= 4 is 17.2 Å². The Morgan fingerprint density at radius 1 is 1.20 bits per heavy atom. The Labute approximate surface area is 183 Å². The fourth-order valence-electron chi connectivity index (χ4n) is 4.12. The van der Waals surface area contributed by atoms with Crippen LogP contribution in [0.1, 0.15) is 90.8 Å². The maximum absolute atomic E-state index is 10.9. The Morgan fingerprint density at radius 2 is 1.87 bits per heavy atom. The summed E-state index contributed by atoms with van der Waals surface area (Å²) in [5.41, 5.74) is 8.86. The molecule has 1 aromatic carbocycles. The second kappa shape index (κ2) is 9.68.